The van der Waals surface area contributed by atoms with Gasteiger partial charge in [-0.2, -0.15) is 13.1 Å². The number of phenols is 1. The standard InChI is InChI=1S/C29H25BrF2NO9PS/c1-42-26-4-2-3-5-27(26)44(40,41)33(17-19-8-12-23(24(30)14-19)29(31,32)43(37,38)39)16-18-6-9-20(10-7-18)21-11-13-25(34)22(15-21)28(35)36/h2-15,34H,16-17H2,1H3,(H,35,36)(H2,37,38,39). The Hall–Kier alpha value is -3.65. The lowest BCUT2D eigenvalue weighted by atomic mass is 10.0. The summed E-state index contributed by atoms with van der Waals surface area (Å²) in [5, 5.41) is 19.1. The quantitative estimate of drug-likeness (QED) is 0.134. The number of hydrogen-bond donors (Lipinski definition) is 4. The van der Waals surface area contributed by atoms with Gasteiger partial charge in [-0.1, -0.05) is 70.5 Å². The molecule has 0 amide bonds. The van der Waals surface area contributed by atoms with E-state index in [1.165, 1.54) is 43.5 Å². The number of sulfonamides is 1. The van der Waals surface area contributed by atoms with Crippen molar-refractivity contribution < 1.29 is 51.3 Å². The summed E-state index contributed by atoms with van der Waals surface area (Å²) in [6.45, 7) is -0.503. The van der Waals surface area contributed by atoms with Gasteiger partial charge in [0, 0.05) is 23.1 Å². The van der Waals surface area contributed by atoms with Crippen molar-refractivity contribution in [3.8, 4) is 22.6 Å². The Bertz CT molecular complexity index is 1870. The van der Waals surface area contributed by atoms with Gasteiger partial charge >= 0.3 is 19.2 Å². The van der Waals surface area contributed by atoms with Crippen LogP contribution in [0.15, 0.2) is 94.3 Å². The molecule has 0 aliphatic rings. The fraction of sp³-hybridized carbons (Fsp3) is 0.138. The highest BCUT2D eigenvalue weighted by atomic mass is 79.9. The summed E-state index contributed by atoms with van der Waals surface area (Å²) in [6, 6.07) is 19.7. The maximum Gasteiger partial charge on any atom is 0.399 e. The van der Waals surface area contributed by atoms with Crippen LogP contribution in [0.4, 0.5) is 8.78 Å². The molecule has 0 atom stereocenters. The highest BCUT2D eigenvalue weighted by Crippen LogP contribution is 2.60. The first-order valence-corrected chi connectivity index (χ1v) is 16.4. The van der Waals surface area contributed by atoms with E-state index >= 15 is 0 Å². The number of para-hydroxylation sites is 1. The van der Waals surface area contributed by atoms with Crippen LogP contribution >= 0.6 is 23.5 Å². The van der Waals surface area contributed by atoms with Crippen molar-refractivity contribution in [1.82, 2.24) is 4.31 Å². The lowest BCUT2D eigenvalue weighted by molar-refractivity contribution is 0.0557. The summed E-state index contributed by atoms with van der Waals surface area (Å²) in [7, 11) is -8.80. The largest absolute Gasteiger partial charge is 0.507 e. The average molecular weight is 712 g/mol. The number of aromatic carboxylic acids is 1. The molecule has 44 heavy (non-hydrogen) atoms. The second-order valence-electron chi connectivity index (χ2n) is 9.56. The Morgan fingerprint density at radius 2 is 1.52 bits per heavy atom. The van der Waals surface area contributed by atoms with Gasteiger partial charge in [0.15, 0.2) is 0 Å². The Labute approximate surface area is 259 Å². The van der Waals surface area contributed by atoms with Gasteiger partial charge in [0.05, 0.1) is 7.11 Å². The molecule has 10 nitrogen and oxygen atoms in total. The number of benzene rings is 4. The molecule has 4 N–H and O–H groups in total. The van der Waals surface area contributed by atoms with Gasteiger partial charge in [-0.05, 0) is 52.6 Å². The van der Waals surface area contributed by atoms with E-state index in [-0.39, 0.29) is 45.1 Å². The fourth-order valence-corrected chi connectivity index (χ4v) is 7.26. The van der Waals surface area contributed by atoms with E-state index in [4.69, 9.17) is 14.5 Å². The maximum absolute atomic E-state index is 14.4. The number of methoxy groups -OCH3 is 1. The summed E-state index contributed by atoms with van der Waals surface area (Å²) in [4.78, 5) is 29.5. The molecule has 0 aliphatic heterocycles. The van der Waals surface area contributed by atoms with Crippen molar-refractivity contribution in [3.63, 3.8) is 0 Å². The summed E-state index contributed by atoms with van der Waals surface area (Å²) in [5.41, 5.74) is -3.85. The van der Waals surface area contributed by atoms with Crippen LogP contribution in [-0.2, 0) is 33.3 Å². The highest BCUT2D eigenvalue weighted by Gasteiger charge is 2.51. The molecule has 0 heterocycles. The molecule has 0 radical (unpaired) electrons. The summed E-state index contributed by atoms with van der Waals surface area (Å²) >= 11 is 2.94. The van der Waals surface area contributed by atoms with Crippen molar-refractivity contribution in [2.75, 3.05) is 7.11 Å². The number of carboxylic acid groups (broad SMARTS) is 1. The minimum absolute atomic E-state index is 0.0761. The molecular weight excluding hydrogens is 687 g/mol. The minimum Gasteiger partial charge on any atom is -0.507 e. The number of rotatable bonds is 11. The summed E-state index contributed by atoms with van der Waals surface area (Å²) in [5.74, 6) is -1.62. The molecule has 4 rings (SSSR count). The van der Waals surface area contributed by atoms with Gasteiger partial charge < -0.3 is 24.7 Å². The topological polar surface area (TPSA) is 162 Å². The van der Waals surface area contributed by atoms with Crippen molar-refractivity contribution in [2.45, 2.75) is 23.6 Å². The van der Waals surface area contributed by atoms with Crippen LogP contribution in [-0.4, -0.2) is 45.8 Å². The Kier molecular flexibility index (Phi) is 9.64. The Balaban J connectivity index is 1.72. The number of ether oxygens (including phenoxy) is 1. The molecule has 0 bridgehead atoms. The lowest BCUT2D eigenvalue weighted by Crippen LogP contribution is -2.30. The van der Waals surface area contributed by atoms with E-state index in [2.05, 4.69) is 15.9 Å². The third kappa shape index (κ3) is 6.85. The number of hydrogen-bond acceptors (Lipinski definition) is 6. The molecule has 4 aromatic rings. The zero-order chi connectivity index (χ0) is 32.4. The van der Waals surface area contributed by atoms with Crippen LogP contribution in [0, 0.1) is 0 Å². The van der Waals surface area contributed by atoms with Crippen LogP contribution in [0.25, 0.3) is 11.1 Å². The zero-order valence-corrected chi connectivity index (χ0v) is 26.1. The van der Waals surface area contributed by atoms with Crippen molar-refractivity contribution in [1.29, 1.82) is 0 Å². The number of alkyl halides is 2. The van der Waals surface area contributed by atoms with Crippen LogP contribution < -0.4 is 4.74 Å². The van der Waals surface area contributed by atoms with E-state index in [1.54, 1.807) is 30.3 Å². The second kappa shape index (κ2) is 12.8. The number of carboxylic acids is 1. The van der Waals surface area contributed by atoms with Crippen molar-refractivity contribution in [2.24, 2.45) is 0 Å². The molecule has 0 aliphatic carbocycles. The first-order chi connectivity index (χ1) is 20.6. The smallest absolute Gasteiger partial charge is 0.399 e. The minimum atomic E-state index is -5.84. The van der Waals surface area contributed by atoms with E-state index in [0.29, 0.717) is 16.7 Å². The van der Waals surface area contributed by atoms with Gasteiger partial charge in [0.25, 0.3) is 0 Å². The normalized spacial score (nSPS) is 12.3. The monoisotopic (exact) mass is 711 g/mol. The van der Waals surface area contributed by atoms with E-state index < -0.39 is 34.8 Å². The molecule has 0 aromatic heterocycles. The van der Waals surface area contributed by atoms with Crippen LogP contribution in [0.1, 0.15) is 27.0 Å². The van der Waals surface area contributed by atoms with Crippen LogP contribution in [0.5, 0.6) is 11.5 Å². The second-order valence-corrected chi connectivity index (χ2v) is 14.0. The van der Waals surface area contributed by atoms with E-state index in [9.17, 15) is 36.8 Å². The average Bonchev–Trinajstić information content (AvgIpc) is 2.96. The van der Waals surface area contributed by atoms with Crippen molar-refractivity contribution in [3.05, 3.63) is 112 Å². The number of nitrogens with zero attached hydrogens (tertiary/aromatic N) is 1. The predicted molar refractivity (Wildman–Crippen MR) is 160 cm³/mol. The molecule has 232 valence electrons. The maximum atomic E-state index is 14.4. The van der Waals surface area contributed by atoms with Crippen molar-refractivity contribution >= 4 is 39.5 Å². The number of halogens is 3. The fourth-order valence-electron chi connectivity index (χ4n) is 4.35. The molecule has 0 saturated carbocycles. The van der Waals surface area contributed by atoms with Gasteiger partial charge in [-0.3, -0.25) is 4.57 Å². The molecule has 0 unspecified atom stereocenters. The first-order valence-electron chi connectivity index (χ1n) is 12.6. The molecule has 4 aromatic carbocycles. The van der Waals surface area contributed by atoms with E-state index in [1.807, 2.05) is 0 Å². The SMILES string of the molecule is COc1ccccc1S(=O)(=O)N(Cc1ccc(-c2ccc(O)c(C(=O)O)c2)cc1)Cc1ccc(C(F)(F)P(=O)(O)O)c(Br)c1. The molecular formula is C29H25BrF2NO9PS. The Morgan fingerprint density at radius 3 is 2.11 bits per heavy atom. The lowest BCUT2D eigenvalue weighted by Gasteiger charge is -2.24. The number of aromatic hydroxyl groups is 1. The van der Waals surface area contributed by atoms with Gasteiger partial charge in [0.2, 0.25) is 10.0 Å². The third-order valence-corrected chi connectivity index (χ3v) is 10.1. The van der Waals surface area contributed by atoms with Crippen LogP contribution in [0.2, 0.25) is 0 Å². The molecule has 15 heteroatoms. The summed E-state index contributed by atoms with van der Waals surface area (Å²) < 4.78 is 74.0. The van der Waals surface area contributed by atoms with Gasteiger partial charge in [0.1, 0.15) is 22.0 Å². The molecule has 0 fully saturated rings. The van der Waals surface area contributed by atoms with Gasteiger partial charge in [-0.25, -0.2) is 13.2 Å². The Morgan fingerprint density at radius 1 is 0.932 bits per heavy atom. The highest BCUT2D eigenvalue weighted by molar-refractivity contribution is 9.10. The molecule has 0 spiro atoms. The first kappa shape index (κ1) is 33.2. The van der Waals surface area contributed by atoms with E-state index in [0.717, 1.165) is 22.5 Å². The predicted octanol–water partition coefficient (Wildman–Crippen LogP) is 6.15. The number of carbonyl (C=O) groups is 1. The van der Waals surface area contributed by atoms with Gasteiger partial charge in [-0.15, -0.1) is 0 Å². The zero-order valence-electron chi connectivity index (χ0n) is 22.8. The van der Waals surface area contributed by atoms with Crippen LogP contribution in [0.3, 0.4) is 0 Å². The molecule has 0 saturated heterocycles. The summed E-state index contributed by atoms with van der Waals surface area (Å²) in [6.07, 6.45) is 0. The third-order valence-electron chi connectivity index (χ3n) is 6.64.